The van der Waals surface area contributed by atoms with E-state index in [-0.39, 0.29) is 25.6 Å². The Morgan fingerprint density at radius 2 is 2.00 bits per heavy atom. The van der Waals surface area contributed by atoms with Crippen molar-refractivity contribution in [2.45, 2.75) is 25.6 Å². The molecule has 0 radical (unpaired) electrons. The zero-order chi connectivity index (χ0) is 17.6. The van der Waals surface area contributed by atoms with Crippen LogP contribution in [0.25, 0.3) is 0 Å². The Kier molecular flexibility index (Phi) is 6.62. The molecule has 0 aliphatic carbocycles. The number of alkyl halides is 3. The normalized spacial score (nSPS) is 19.2. The molecule has 1 fully saturated rings. The molecule has 1 unspecified atom stereocenters. The molecule has 0 aromatic heterocycles. The largest absolute Gasteiger partial charge is 0.401 e. The number of piperidine rings is 1. The molecule has 0 saturated carbocycles. The van der Waals surface area contributed by atoms with E-state index in [9.17, 15) is 23.1 Å². The Hall–Kier alpha value is -1.60. The summed E-state index contributed by atoms with van der Waals surface area (Å²) in [6, 6.07) is 9.37. The first-order valence-electron chi connectivity index (χ1n) is 8.12. The topological polar surface area (TPSA) is 43.8 Å². The molecule has 7 heteroatoms. The second-order valence-electron chi connectivity index (χ2n) is 6.16. The van der Waals surface area contributed by atoms with Crippen molar-refractivity contribution < 1.29 is 23.1 Å². The number of aliphatic hydroxyl groups excluding tert-OH is 1. The number of carbonyl (C=O) groups excluding carboxylic acids is 1. The van der Waals surface area contributed by atoms with Gasteiger partial charge >= 0.3 is 6.18 Å². The third-order valence-corrected chi connectivity index (χ3v) is 4.16. The molecule has 24 heavy (non-hydrogen) atoms. The minimum absolute atomic E-state index is 0.120. The minimum Gasteiger partial charge on any atom is -0.395 e. The maximum absolute atomic E-state index is 12.7. The number of halogens is 3. The Morgan fingerprint density at radius 3 is 2.62 bits per heavy atom. The Bertz CT molecular complexity index is 522. The number of aliphatic hydroxyl groups is 1. The number of carbonyl (C=O) groups is 1. The second kappa shape index (κ2) is 8.48. The number of rotatable bonds is 6. The van der Waals surface area contributed by atoms with Crippen LogP contribution in [0.2, 0.25) is 0 Å². The Labute approximate surface area is 139 Å². The third kappa shape index (κ3) is 5.79. The number of nitrogens with zero attached hydrogens (tertiary/aromatic N) is 2. The van der Waals surface area contributed by atoms with E-state index in [4.69, 9.17) is 0 Å². The lowest BCUT2D eigenvalue weighted by Gasteiger charge is -2.35. The summed E-state index contributed by atoms with van der Waals surface area (Å²) in [5.74, 6) is -0.629. The summed E-state index contributed by atoms with van der Waals surface area (Å²) in [6.45, 7) is -0.121. The molecule has 1 heterocycles. The van der Waals surface area contributed by atoms with Crippen molar-refractivity contribution in [2.75, 3.05) is 32.8 Å². The number of amides is 1. The maximum Gasteiger partial charge on any atom is 0.401 e. The van der Waals surface area contributed by atoms with Gasteiger partial charge in [-0.1, -0.05) is 30.3 Å². The molecule has 1 aromatic rings. The van der Waals surface area contributed by atoms with Crippen LogP contribution in [0.1, 0.15) is 18.4 Å². The summed E-state index contributed by atoms with van der Waals surface area (Å²) in [4.78, 5) is 15.5. The van der Waals surface area contributed by atoms with Crippen LogP contribution in [-0.2, 0) is 11.3 Å². The highest BCUT2D eigenvalue weighted by molar-refractivity contribution is 5.79. The van der Waals surface area contributed by atoms with Crippen LogP contribution in [0, 0.1) is 5.92 Å². The van der Waals surface area contributed by atoms with E-state index in [1.165, 1.54) is 9.80 Å². The van der Waals surface area contributed by atoms with Gasteiger partial charge in [0.25, 0.3) is 0 Å². The standard InChI is InChI=1S/C17H23F3N2O2/c18-17(19,20)13-21-8-4-7-15(12-21)16(24)22(9-10-23)11-14-5-2-1-3-6-14/h1-3,5-6,15,23H,4,7-13H2. The van der Waals surface area contributed by atoms with E-state index in [0.29, 0.717) is 25.9 Å². The van der Waals surface area contributed by atoms with Gasteiger partial charge < -0.3 is 10.0 Å². The average Bonchev–Trinajstić information content (AvgIpc) is 2.53. The van der Waals surface area contributed by atoms with Crippen molar-refractivity contribution in [2.24, 2.45) is 5.92 Å². The van der Waals surface area contributed by atoms with E-state index in [1.54, 1.807) is 0 Å². The van der Waals surface area contributed by atoms with Crippen LogP contribution < -0.4 is 0 Å². The van der Waals surface area contributed by atoms with Crippen molar-refractivity contribution >= 4 is 5.91 Å². The van der Waals surface area contributed by atoms with Crippen molar-refractivity contribution in [1.29, 1.82) is 0 Å². The molecule has 134 valence electrons. The summed E-state index contributed by atoms with van der Waals surface area (Å²) in [5.41, 5.74) is 0.933. The van der Waals surface area contributed by atoms with Gasteiger partial charge in [-0.2, -0.15) is 13.2 Å². The zero-order valence-corrected chi connectivity index (χ0v) is 13.5. The first kappa shape index (κ1) is 18.7. The number of likely N-dealkylation sites (tertiary alicyclic amines) is 1. The molecule has 0 spiro atoms. The van der Waals surface area contributed by atoms with Crippen molar-refractivity contribution in [1.82, 2.24) is 9.80 Å². The molecular formula is C17H23F3N2O2. The highest BCUT2D eigenvalue weighted by Gasteiger charge is 2.35. The second-order valence-corrected chi connectivity index (χ2v) is 6.16. The van der Waals surface area contributed by atoms with Gasteiger partial charge in [0.2, 0.25) is 5.91 Å². The summed E-state index contributed by atoms with van der Waals surface area (Å²) in [6.07, 6.45) is -3.09. The third-order valence-electron chi connectivity index (χ3n) is 4.16. The number of hydrogen-bond acceptors (Lipinski definition) is 3. The summed E-state index contributed by atoms with van der Waals surface area (Å²) >= 11 is 0. The number of benzene rings is 1. The highest BCUT2D eigenvalue weighted by Crippen LogP contribution is 2.24. The van der Waals surface area contributed by atoms with Gasteiger partial charge in [-0.3, -0.25) is 9.69 Å². The fourth-order valence-electron chi connectivity index (χ4n) is 3.10. The van der Waals surface area contributed by atoms with Crippen LogP contribution in [0.5, 0.6) is 0 Å². The number of hydrogen-bond donors (Lipinski definition) is 1. The SMILES string of the molecule is O=C(C1CCCN(CC(F)(F)F)C1)N(CCO)Cc1ccccc1. The molecule has 1 atom stereocenters. The van der Waals surface area contributed by atoms with E-state index in [2.05, 4.69) is 0 Å². The lowest BCUT2D eigenvalue weighted by atomic mass is 9.96. The molecule has 0 bridgehead atoms. The molecule has 1 N–H and O–H groups in total. The summed E-state index contributed by atoms with van der Waals surface area (Å²) < 4.78 is 37.7. The highest BCUT2D eigenvalue weighted by atomic mass is 19.4. The van der Waals surface area contributed by atoms with Crippen LogP contribution >= 0.6 is 0 Å². The molecule has 4 nitrogen and oxygen atoms in total. The van der Waals surface area contributed by atoms with Crippen molar-refractivity contribution in [3.8, 4) is 0 Å². The van der Waals surface area contributed by atoms with Crippen LogP contribution in [0.15, 0.2) is 30.3 Å². The molecular weight excluding hydrogens is 321 g/mol. The maximum atomic E-state index is 12.7. The molecule has 1 saturated heterocycles. The van der Waals surface area contributed by atoms with E-state index in [0.717, 1.165) is 5.56 Å². The van der Waals surface area contributed by atoms with Gasteiger partial charge in [0.05, 0.1) is 19.1 Å². The molecule has 1 amide bonds. The van der Waals surface area contributed by atoms with E-state index in [1.807, 2.05) is 30.3 Å². The van der Waals surface area contributed by atoms with Crippen molar-refractivity contribution in [3.63, 3.8) is 0 Å². The van der Waals surface area contributed by atoms with Crippen LogP contribution in [-0.4, -0.2) is 59.8 Å². The fraction of sp³-hybridized carbons (Fsp3) is 0.588. The van der Waals surface area contributed by atoms with Gasteiger partial charge in [-0.05, 0) is 24.9 Å². The van der Waals surface area contributed by atoms with Gasteiger partial charge in [0.15, 0.2) is 0 Å². The van der Waals surface area contributed by atoms with Crippen molar-refractivity contribution in [3.05, 3.63) is 35.9 Å². The molecule has 1 aliphatic rings. The quantitative estimate of drug-likeness (QED) is 0.861. The van der Waals surface area contributed by atoms with Gasteiger partial charge in [-0.15, -0.1) is 0 Å². The Balaban J connectivity index is 2.00. The predicted octanol–water partition coefficient (Wildman–Crippen LogP) is 2.28. The minimum atomic E-state index is -4.25. The zero-order valence-electron chi connectivity index (χ0n) is 13.5. The van der Waals surface area contributed by atoms with Crippen LogP contribution in [0.4, 0.5) is 13.2 Å². The molecule has 1 aromatic carbocycles. The molecule has 1 aliphatic heterocycles. The monoisotopic (exact) mass is 344 g/mol. The fourth-order valence-corrected chi connectivity index (χ4v) is 3.10. The lowest BCUT2D eigenvalue weighted by Crippen LogP contribution is -2.47. The van der Waals surface area contributed by atoms with Gasteiger partial charge in [0, 0.05) is 19.6 Å². The van der Waals surface area contributed by atoms with E-state index >= 15 is 0 Å². The lowest BCUT2D eigenvalue weighted by molar-refractivity contribution is -0.155. The molecule has 2 rings (SSSR count). The predicted molar refractivity (Wildman–Crippen MR) is 84.2 cm³/mol. The summed E-state index contributed by atoms with van der Waals surface area (Å²) in [5, 5.41) is 9.21. The first-order valence-corrected chi connectivity index (χ1v) is 8.12. The van der Waals surface area contributed by atoms with E-state index < -0.39 is 18.6 Å². The smallest absolute Gasteiger partial charge is 0.395 e. The first-order chi connectivity index (χ1) is 11.4. The Morgan fingerprint density at radius 1 is 1.29 bits per heavy atom. The van der Waals surface area contributed by atoms with Gasteiger partial charge in [-0.25, -0.2) is 0 Å². The summed E-state index contributed by atoms with van der Waals surface area (Å²) in [7, 11) is 0. The van der Waals surface area contributed by atoms with Gasteiger partial charge in [0.1, 0.15) is 0 Å². The average molecular weight is 344 g/mol. The van der Waals surface area contributed by atoms with Crippen LogP contribution in [0.3, 0.4) is 0 Å².